The van der Waals surface area contributed by atoms with Crippen molar-refractivity contribution in [1.29, 1.82) is 0 Å². The van der Waals surface area contributed by atoms with Gasteiger partial charge in [-0.25, -0.2) is 0 Å². The van der Waals surface area contributed by atoms with E-state index in [2.05, 4.69) is 20.7 Å². The second-order valence-electron chi connectivity index (χ2n) is 1.46. The zero-order valence-electron chi connectivity index (χ0n) is 7.02. The van der Waals surface area contributed by atoms with E-state index in [1.807, 2.05) is 13.8 Å². The summed E-state index contributed by atoms with van der Waals surface area (Å²) in [5.41, 5.74) is 0. The Kier molecular flexibility index (Phi) is 21.1. The monoisotopic (exact) mass is 212 g/mol. The van der Waals surface area contributed by atoms with Gasteiger partial charge in [-0.05, 0) is 13.8 Å². The number of hydrogen-bond acceptors (Lipinski definition) is 2. The zero-order valence-corrected chi connectivity index (χ0v) is 8.61. The Morgan fingerprint density at radius 2 is 1.70 bits per heavy atom. The Hall–Kier alpha value is 0.400. The van der Waals surface area contributed by atoms with Crippen LogP contribution in [0.5, 0.6) is 0 Å². The maximum atomic E-state index is 4.83. The predicted octanol–water partition coefficient (Wildman–Crippen LogP) is 2.07. The number of halogens is 1. The summed E-state index contributed by atoms with van der Waals surface area (Å²) in [4.78, 5) is 0. The van der Waals surface area contributed by atoms with Crippen LogP contribution in [0.15, 0.2) is 0 Å². The van der Waals surface area contributed by atoms with Crippen molar-refractivity contribution < 1.29 is 9.47 Å². The molecule has 64 valence electrons. The first-order valence-electron chi connectivity index (χ1n) is 3.46. The van der Waals surface area contributed by atoms with E-state index in [0.29, 0.717) is 0 Å². The molecular formula is C7H17BrO2. The molecule has 0 heterocycles. The van der Waals surface area contributed by atoms with Gasteiger partial charge in [-0.15, -0.1) is 0 Å². The molecule has 0 saturated carbocycles. The topological polar surface area (TPSA) is 18.5 Å². The van der Waals surface area contributed by atoms with E-state index < -0.39 is 0 Å². The molecule has 0 rings (SSSR count). The fourth-order valence-electron chi connectivity index (χ4n) is 0.281. The van der Waals surface area contributed by atoms with Gasteiger partial charge in [0, 0.05) is 25.7 Å². The third-order valence-electron chi connectivity index (χ3n) is 0.690. The molecule has 0 atom stereocenters. The van der Waals surface area contributed by atoms with Crippen molar-refractivity contribution in [2.45, 2.75) is 13.8 Å². The van der Waals surface area contributed by atoms with Gasteiger partial charge in [0.2, 0.25) is 0 Å². The quantitative estimate of drug-likeness (QED) is 0.665. The van der Waals surface area contributed by atoms with Crippen LogP contribution in [-0.2, 0) is 9.47 Å². The molecule has 0 bridgehead atoms. The van der Waals surface area contributed by atoms with Crippen molar-refractivity contribution in [3.05, 3.63) is 0 Å². The van der Waals surface area contributed by atoms with Gasteiger partial charge in [0.05, 0.1) is 6.61 Å². The first kappa shape index (κ1) is 13.0. The van der Waals surface area contributed by atoms with E-state index in [-0.39, 0.29) is 0 Å². The third kappa shape index (κ3) is 23.8. The van der Waals surface area contributed by atoms with Crippen molar-refractivity contribution >= 4 is 15.9 Å². The molecule has 0 aromatic heterocycles. The van der Waals surface area contributed by atoms with E-state index in [1.165, 1.54) is 0 Å². The number of ether oxygens (including phenoxy) is 2. The number of methoxy groups -OCH3 is 1. The lowest BCUT2D eigenvalue weighted by Crippen LogP contribution is -1.85. The minimum atomic E-state index is 0.806. The molecule has 0 unspecified atom stereocenters. The first-order valence-corrected chi connectivity index (χ1v) is 4.58. The van der Waals surface area contributed by atoms with Crippen LogP contribution >= 0.6 is 15.9 Å². The number of rotatable bonds is 4. The van der Waals surface area contributed by atoms with E-state index in [4.69, 9.17) is 4.74 Å². The second kappa shape index (κ2) is 16.2. The van der Waals surface area contributed by atoms with Gasteiger partial charge >= 0.3 is 0 Å². The van der Waals surface area contributed by atoms with Gasteiger partial charge < -0.3 is 9.47 Å². The summed E-state index contributed by atoms with van der Waals surface area (Å²) < 4.78 is 9.48. The van der Waals surface area contributed by atoms with Crippen LogP contribution < -0.4 is 0 Å². The lowest BCUT2D eigenvalue weighted by atomic mass is 10.8. The second-order valence-corrected chi connectivity index (χ2v) is 2.26. The van der Waals surface area contributed by atoms with Crippen LogP contribution in [0.1, 0.15) is 13.8 Å². The van der Waals surface area contributed by atoms with Crippen LogP contribution in [0.3, 0.4) is 0 Å². The summed E-state index contributed by atoms with van der Waals surface area (Å²) >= 11 is 3.18. The Bertz CT molecular complexity index is 32.6. The molecule has 0 aliphatic carbocycles. The van der Waals surface area contributed by atoms with Crippen LogP contribution in [-0.4, -0.2) is 32.3 Å². The molecule has 0 aliphatic rings. The standard InChI is InChI=1S/C4H10O.C3H7BrO/c1-3-5-4-2;1-5-3-2-4/h3-4H2,1-2H3;2-3H2,1H3. The van der Waals surface area contributed by atoms with Crippen molar-refractivity contribution in [2.24, 2.45) is 0 Å². The summed E-state index contributed by atoms with van der Waals surface area (Å²) in [6.07, 6.45) is 0. The Morgan fingerprint density at radius 3 is 1.70 bits per heavy atom. The summed E-state index contributed by atoms with van der Waals surface area (Å²) in [7, 11) is 1.68. The van der Waals surface area contributed by atoms with Gasteiger partial charge in [0.1, 0.15) is 0 Å². The van der Waals surface area contributed by atoms with Crippen molar-refractivity contribution in [3.63, 3.8) is 0 Å². The SMILES string of the molecule is CCOCC.COCCBr. The summed E-state index contributed by atoms with van der Waals surface area (Å²) in [6, 6.07) is 0. The molecule has 0 radical (unpaired) electrons. The zero-order chi connectivity index (χ0) is 8.24. The smallest absolute Gasteiger partial charge is 0.0559 e. The molecule has 0 N–H and O–H groups in total. The fraction of sp³-hybridized carbons (Fsp3) is 1.00. The fourth-order valence-corrected chi connectivity index (χ4v) is 0.605. The van der Waals surface area contributed by atoms with E-state index >= 15 is 0 Å². The number of alkyl halides is 1. The minimum absolute atomic E-state index is 0.806. The molecule has 3 heteroatoms. The third-order valence-corrected chi connectivity index (χ3v) is 1.01. The summed E-state index contributed by atoms with van der Waals surface area (Å²) in [6.45, 7) is 6.47. The molecule has 0 saturated heterocycles. The molecule has 0 aromatic carbocycles. The molecule has 10 heavy (non-hydrogen) atoms. The van der Waals surface area contributed by atoms with E-state index in [1.54, 1.807) is 7.11 Å². The van der Waals surface area contributed by atoms with Crippen LogP contribution in [0.4, 0.5) is 0 Å². The summed E-state index contributed by atoms with van der Waals surface area (Å²) in [5.74, 6) is 0. The first-order chi connectivity index (χ1) is 4.83. The molecular weight excluding hydrogens is 196 g/mol. The van der Waals surface area contributed by atoms with Crippen LogP contribution in [0, 0.1) is 0 Å². The largest absolute Gasteiger partial charge is 0.384 e. The highest BCUT2D eigenvalue weighted by Crippen LogP contribution is 1.75. The van der Waals surface area contributed by atoms with Crippen molar-refractivity contribution in [2.75, 3.05) is 32.3 Å². The maximum absolute atomic E-state index is 4.83. The highest BCUT2D eigenvalue weighted by atomic mass is 79.9. The average molecular weight is 213 g/mol. The molecule has 0 aliphatic heterocycles. The van der Waals surface area contributed by atoms with Gasteiger partial charge in [0.15, 0.2) is 0 Å². The number of hydrogen-bond donors (Lipinski definition) is 0. The van der Waals surface area contributed by atoms with Crippen molar-refractivity contribution in [1.82, 2.24) is 0 Å². The van der Waals surface area contributed by atoms with Gasteiger partial charge in [-0.2, -0.15) is 0 Å². The highest BCUT2D eigenvalue weighted by Gasteiger charge is 1.68. The van der Waals surface area contributed by atoms with Gasteiger partial charge in [0.25, 0.3) is 0 Å². The molecule has 0 fully saturated rings. The lowest BCUT2D eigenvalue weighted by molar-refractivity contribution is 0.162. The predicted molar refractivity (Wildman–Crippen MR) is 47.8 cm³/mol. The molecule has 2 nitrogen and oxygen atoms in total. The Labute approximate surface area is 72.0 Å². The lowest BCUT2D eigenvalue weighted by Gasteiger charge is -1.86. The normalized spacial score (nSPS) is 8.40. The van der Waals surface area contributed by atoms with Gasteiger partial charge in [-0.3, -0.25) is 0 Å². The minimum Gasteiger partial charge on any atom is -0.384 e. The Balaban J connectivity index is 0. The summed E-state index contributed by atoms with van der Waals surface area (Å²) in [5, 5.41) is 0.934. The van der Waals surface area contributed by atoms with E-state index in [0.717, 1.165) is 25.2 Å². The molecule has 0 amide bonds. The van der Waals surface area contributed by atoms with E-state index in [9.17, 15) is 0 Å². The highest BCUT2D eigenvalue weighted by molar-refractivity contribution is 9.09. The van der Waals surface area contributed by atoms with Crippen molar-refractivity contribution in [3.8, 4) is 0 Å². The average Bonchev–Trinajstić information content (AvgIpc) is 1.93. The van der Waals surface area contributed by atoms with Crippen LogP contribution in [0.25, 0.3) is 0 Å². The molecule has 0 spiro atoms. The Morgan fingerprint density at radius 1 is 1.20 bits per heavy atom. The molecule has 0 aromatic rings. The maximum Gasteiger partial charge on any atom is 0.0559 e. The van der Waals surface area contributed by atoms with Crippen LogP contribution in [0.2, 0.25) is 0 Å². The van der Waals surface area contributed by atoms with Gasteiger partial charge in [-0.1, -0.05) is 15.9 Å².